The Labute approximate surface area is 152 Å². The molecule has 6 heteroatoms. The van der Waals surface area contributed by atoms with Crippen molar-refractivity contribution in [2.75, 3.05) is 25.7 Å². The van der Waals surface area contributed by atoms with Crippen LogP contribution in [-0.2, 0) is 16.1 Å². The minimum absolute atomic E-state index is 0.152. The van der Waals surface area contributed by atoms with Gasteiger partial charge in [0.25, 0.3) is 0 Å². The van der Waals surface area contributed by atoms with Crippen molar-refractivity contribution in [3.05, 3.63) is 54.1 Å². The van der Waals surface area contributed by atoms with Crippen LogP contribution in [0, 0.1) is 5.92 Å². The molecular formula is C20H22N2O4. The molecule has 136 valence electrons. The molecule has 0 saturated carbocycles. The lowest BCUT2D eigenvalue weighted by molar-refractivity contribution is -0.132. The Morgan fingerprint density at radius 3 is 2.54 bits per heavy atom. The molecule has 6 nitrogen and oxygen atoms in total. The molecule has 2 amide bonds. The first-order valence-corrected chi connectivity index (χ1v) is 8.49. The SMILES string of the molecule is COc1ccc(CNC(=O)C2CCN(c3ccccc3)C2=O)cc1OC. The van der Waals surface area contributed by atoms with E-state index in [0.29, 0.717) is 31.0 Å². The van der Waals surface area contributed by atoms with Gasteiger partial charge in [0.15, 0.2) is 11.5 Å². The summed E-state index contributed by atoms with van der Waals surface area (Å²) in [6.45, 7) is 0.881. The fourth-order valence-corrected chi connectivity index (χ4v) is 3.09. The molecule has 1 saturated heterocycles. The number of amides is 2. The third-order valence-electron chi connectivity index (χ3n) is 4.50. The van der Waals surface area contributed by atoms with Crippen LogP contribution in [-0.4, -0.2) is 32.6 Å². The number of carbonyl (C=O) groups is 2. The summed E-state index contributed by atoms with van der Waals surface area (Å²) in [5.74, 6) is 0.193. The summed E-state index contributed by atoms with van der Waals surface area (Å²) in [6, 6.07) is 14.9. The molecule has 1 N–H and O–H groups in total. The van der Waals surface area contributed by atoms with Gasteiger partial charge in [0.1, 0.15) is 5.92 Å². The molecule has 1 aliphatic rings. The molecule has 0 spiro atoms. The molecule has 1 heterocycles. The van der Waals surface area contributed by atoms with Crippen LogP contribution >= 0.6 is 0 Å². The van der Waals surface area contributed by atoms with E-state index in [1.807, 2.05) is 42.5 Å². The van der Waals surface area contributed by atoms with Crippen LogP contribution in [0.3, 0.4) is 0 Å². The lowest BCUT2D eigenvalue weighted by Gasteiger charge is -2.16. The van der Waals surface area contributed by atoms with E-state index in [-0.39, 0.29) is 11.8 Å². The molecule has 1 unspecified atom stereocenters. The maximum absolute atomic E-state index is 12.6. The standard InChI is InChI=1S/C20H22N2O4/c1-25-17-9-8-14(12-18(17)26-2)13-21-19(23)16-10-11-22(20(16)24)15-6-4-3-5-7-15/h3-9,12,16H,10-11,13H2,1-2H3,(H,21,23). The molecule has 0 radical (unpaired) electrons. The first-order chi connectivity index (χ1) is 12.6. The van der Waals surface area contributed by atoms with Gasteiger partial charge in [-0.05, 0) is 36.2 Å². The van der Waals surface area contributed by atoms with Crippen LogP contribution in [0.4, 0.5) is 5.69 Å². The van der Waals surface area contributed by atoms with Gasteiger partial charge in [0.05, 0.1) is 14.2 Å². The van der Waals surface area contributed by atoms with Crippen molar-refractivity contribution in [3.8, 4) is 11.5 Å². The number of nitrogens with one attached hydrogen (secondary N) is 1. The highest BCUT2D eigenvalue weighted by Gasteiger charge is 2.37. The van der Waals surface area contributed by atoms with Gasteiger partial charge in [-0.25, -0.2) is 0 Å². The van der Waals surface area contributed by atoms with Crippen molar-refractivity contribution < 1.29 is 19.1 Å². The number of anilines is 1. The highest BCUT2D eigenvalue weighted by Crippen LogP contribution is 2.28. The van der Waals surface area contributed by atoms with Gasteiger partial charge in [-0.2, -0.15) is 0 Å². The topological polar surface area (TPSA) is 67.9 Å². The minimum Gasteiger partial charge on any atom is -0.493 e. The smallest absolute Gasteiger partial charge is 0.239 e. The highest BCUT2D eigenvalue weighted by molar-refractivity contribution is 6.09. The van der Waals surface area contributed by atoms with Crippen molar-refractivity contribution >= 4 is 17.5 Å². The van der Waals surface area contributed by atoms with E-state index in [0.717, 1.165) is 11.3 Å². The third kappa shape index (κ3) is 3.64. The van der Waals surface area contributed by atoms with Gasteiger partial charge in [0, 0.05) is 18.8 Å². The van der Waals surface area contributed by atoms with Crippen LogP contribution in [0.1, 0.15) is 12.0 Å². The average molecular weight is 354 g/mol. The number of nitrogens with zero attached hydrogens (tertiary/aromatic N) is 1. The monoisotopic (exact) mass is 354 g/mol. The number of carbonyl (C=O) groups excluding carboxylic acids is 2. The molecule has 0 aromatic heterocycles. The Morgan fingerprint density at radius 1 is 1.12 bits per heavy atom. The van der Waals surface area contributed by atoms with Gasteiger partial charge < -0.3 is 19.7 Å². The van der Waals surface area contributed by atoms with E-state index in [2.05, 4.69) is 5.32 Å². The summed E-state index contributed by atoms with van der Waals surface area (Å²) in [4.78, 5) is 26.7. The lowest BCUT2D eigenvalue weighted by atomic mass is 10.1. The number of ether oxygens (including phenoxy) is 2. The van der Waals surface area contributed by atoms with Gasteiger partial charge >= 0.3 is 0 Å². The molecule has 2 aromatic carbocycles. The molecule has 0 aliphatic carbocycles. The fraction of sp³-hybridized carbons (Fsp3) is 0.300. The normalized spacial score (nSPS) is 16.5. The average Bonchev–Trinajstić information content (AvgIpc) is 3.08. The van der Waals surface area contributed by atoms with E-state index in [1.54, 1.807) is 25.2 Å². The van der Waals surface area contributed by atoms with Crippen molar-refractivity contribution in [1.82, 2.24) is 5.32 Å². The first-order valence-electron chi connectivity index (χ1n) is 8.49. The number of benzene rings is 2. The van der Waals surface area contributed by atoms with E-state index < -0.39 is 5.92 Å². The van der Waals surface area contributed by atoms with Crippen LogP contribution < -0.4 is 19.7 Å². The van der Waals surface area contributed by atoms with E-state index in [4.69, 9.17) is 9.47 Å². The summed E-state index contributed by atoms with van der Waals surface area (Å²) < 4.78 is 10.5. The van der Waals surface area contributed by atoms with Crippen molar-refractivity contribution in [3.63, 3.8) is 0 Å². The second kappa shape index (κ2) is 7.91. The highest BCUT2D eigenvalue weighted by atomic mass is 16.5. The summed E-state index contributed by atoms with van der Waals surface area (Å²) in [6.07, 6.45) is 0.519. The zero-order valence-corrected chi connectivity index (χ0v) is 14.9. The number of hydrogen-bond donors (Lipinski definition) is 1. The maximum atomic E-state index is 12.6. The maximum Gasteiger partial charge on any atom is 0.239 e. The Hall–Kier alpha value is -3.02. The van der Waals surface area contributed by atoms with Crippen molar-refractivity contribution in [1.29, 1.82) is 0 Å². The lowest BCUT2D eigenvalue weighted by Crippen LogP contribution is -2.36. The Balaban J connectivity index is 1.61. The van der Waals surface area contributed by atoms with Crippen LogP contribution in [0.25, 0.3) is 0 Å². The minimum atomic E-state index is -0.643. The molecule has 1 atom stereocenters. The third-order valence-corrected chi connectivity index (χ3v) is 4.50. The molecule has 2 aromatic rings. The Bertz CT molecular complexity index is 792. The van der Waals surface area contributed by atoms with E-state index in [9.17, 15) is 9.59 Å². The molecule has 3 rings (SSSR count). The summed E-state index contributed by atoms with van der Waals surface area (Å²) in [7, 11) is 3.14. The van der Waals surface area contributed by atoms with Crippen LogP contribution in [0.2, 0.25) is 0 Å². The number of methoxy groups -OCH3 is 2. The Kier molecular flexibility index (Phi) is 5.41. The van der Waals surface area contributed by atoms with Crippen LogP contribution in [0.15, 0.2) is 48.5 Å². The second-order valence-electron chi connectivity index (χ2n) is 6.07. The van der Waals surface area contributed by atoms with Gasteiger partial charge in [-0.3, -0.25) is 9.59 Å². The Morgan fingerprint density at radius 2 is 1.85 bits per heavy atom. The molecule has 1 fully saturated rings. The summed E-state index contributed by atoms with van der Waals surface area (Å²) in [5.41, 5.74) is 1.70. The van der Waals surface area contributed by atoms with Crippen LogP contribution in [0.5, 0.6) is 11.5 Å². The van der Waals surface area contributed by atoms with E-state index in [1.165, 1.54) is 0 Å². The fourth-order valence-electron chi connectivity index (χ4n) is 3.09. The quantitative estimate of drug-likeness (QED) is 0.809. The second-order valence-corrected chi connectivity index (χ2v) is 6.07. The summed E-state index contributed by atoms with van der Waals surface area (Å²) in [5, 5.41) is 2.85. The van der Waals surface area contributed by atoms with Gasteiger partial charge in [-0.1, -0.05) is 24.3 Å². The largest absolute Gasteiger partial charge is 0.493 e. The van der Waals surface area contributed by atoms with E-state index >= 15 is 0 Å². The first kappa shape index (κ1) is 17.8. The zero-order chi connectivity index (χ0) is 18.5. The number of para-hydroxylation sites is 1. The van der Waals surface area contributed by atoms with Crippen molar-refractivity contribution in [2.45, 2.75) is 13.0 Å². The molecular weight excluding hydrogens is 332 g/mol. The number of rotatable bonds is 6. The zero-order valence-electron chi connectivity index (χ0n) is 14.9. The predicted octanol–water partition coefficient (Wildman–Crippen LogP) is 2.37. The van der Waals surface area contributed by atoms with Gasteiger partial charge in [-0.15, -0.1) is 0 Å². The molecule has 26 heavy (non-hydrogen) atoms. The molecule has 1 aliphatic heterocycles. The summed E-state index contributed by atoms with van der Waals surface area (Å²) >= 11 is 0. The van der Waals surface area contributed by atoms with Gasteiger partial charge in [0.2, 0.25) is 11.8 Å². The number of hydrogen-bond acceptors (Lipinski definition) is 4. The van der Waals surface area contributed by atoms with Crippen molar-refractivity contribution in [2.24, 2.45) is 5.92 Å². The predicted molar refractivity (Wildman–Crippen MR) is 98.3 cm³/mol. The molecule has 0 bridgehead atoms.